The minimum atomic E-state index is -0.860. The van der Waals surface area contributed by atoms with Gasteiger partial charge < -0.3 is 14.7 Å². The average Bonchev–Trinajstić information content (AvgIpc) is 2.88. The van der Waals surface area contributed by atoms with E-state index in [1.165, 1.54) is 6.42 Å². The molecule has 1 fully saturated rings. The van der Waals surface area contributed by atoms with Crippen LogP contribution in [-0.4, -0.2) is 30.1 Å². The highest BCUT2D eigenvalue weighted by Gasteiger charge is 2.45. The molecule has 2 aromatic carbocycles. The Labute approximate surface area is 171 Å². The van der Waals surface area contributed by atoms with Crippen LogP contribution in [0.5, 0.6) is 5.75 Å². The van der Waals surface area contributed by atoms with Gasteiger partial charge in [0.1, 0.15) is 11.7 Å². The molecule has 1 heterocycles. The fourth-order valence-electron chi connectivity index (χ4n) is 5.04. The smallest absolute Gasteiger partial charge is 0.313 e. The lowest BCUT2D eigenvalue weighted by Gasteiger charge is -2.40. The van der Waals surface area contributed by atoms with Gasteiger partial charge in [-0.2, -0.15) is 0 Å². The Kier molecular flexibility index (Phi) is 5.56. The second-order valence-corrected chi connectivity index (χ2v) is 8.04. The molecule has 0 spiro atoms. The summed E-state index contributed by atoms with van der Waals surface area (Å²) in [6.45, 7) is 0. The van der Waals surface area contributed by atoms with Crippen LogP contribution in [0.4, 0.5) is 5.69 Å². The molecule has 0 unspecified atom stereocenters. The first-order chi connectivity index (χ1) is 14.1. The number of nitrogens with zero attached hydrogens (tertiary/aromatic N) is 1. The number of methoxy groups -OCH3 is 1. The van der Waals surface area contributed by atoms with Crippen LogP contribution in [0.3, 0.4) is 0 Å². The molecule has 1 aliphatic heterocycles. The second-order valence-electron chi connectivity index (χ2n) is 8.04. The highest BCUT2D eigenvalue weighted by atomic mass is 16.5. The first kappa shape index (κ1) is 19.5. The maximum atomic E-state index is 13.5. The molecule has 2 atom stereocenters. The van der Waals surface area contributed by atoms with Crippen LogP contribution in [-0.2, 0) is 16.0 Å². The number of carboxylic acid groups (broad SMARTS) is 1. The van der Waals surface area contributed by atoms with Gasteiger partial charge in [0.15, 0.2) is 0 Å². The molecule has 0 bridgehead atoms. The van der Waals surface area contributed by atoms with Crippen molar-refractivity contribution in [1.29, 1.82) is 0 Å². The third-order valence-corrected chi connectivity index (χ3v) is 6.39. The van der Waals surface area contributed by atoms with Crippen molar-refractivity contribution in [3.8, 4) is 5.75 Å². The standard InChI is InChI=1S/C24H27NO4/c1-29-19-13-11-18(12-14-19)25-21(26)15-17-9-5-6-10-20(17)22(24(27)28)23(25)16-7-3-2-4-8-16/h5-6,9-14,16,22-23H,2-4,7-8,15H2,1H3,(H,27,28)/t22-,23+/m0/s1. The van der Waals surface area contributed by atoms with Gasteiger partial charge in [0.2, 0.25) is 5.91 Å². The number of anilines is 1. The normalized spacial score (nSPS) is 22.7. The van der Waals surface area contributed by atoms with E-state index in [0.29, 0.717) is 5.75 Å². The van der Waals surface area contributed by atoms with Crippen molar-refractivity contribution in [3.05, 3.63) is 59.7 Å². The van der Waals surface area contributed by atoms with Gasteiger partial charge in [-0.3, -0.25) is 9.59 Å². The van der Waals surface area contributed by atoms with Crippen molar-refractivity contribution in [3.63, 3.8) is 0 Å². The summed E-state index contributed by atoms with van der Waals surface area (Å²) >= 11 is 0. The van der Waals surface area contributed by atoms with Gasteiger partial charge in [-0.05, 0) is 54.2 Å². The summed E-state index contributed by atoms with van der Waals surface area (Å²) in [5.74, 6) is -0.753. The van der Waals surface area contributed by atoms with Gasteiger partial charge in [0, 0.05) is 5.69 Å². The Morgan fingerprint density at radius 3 is 2.38 bits per heavy atom. The first-order valence-electron chi connectivity index (χ1n) is 10.4. The Bertz CT molecular complexity index is 886. The minimum absolute atomic E-state index is 0.0399. The molecule has 29 heavy (non-hydrogen) atoms. The maximum Gasteiger partial charge on any atom is 0.313 e. The Hall–Kier alpha value is -2.82. The fraction of sp³-hybridized carbons (Fsp3) is 0.417. The van der Waals surface area contributed by atoms with Crippen LogP contribution in [0.2, 0.25) is 0 Å². The summed E-state index contributed by atoms with van der Waals surface area (Å²) in [6.07, 6.45) is 5.47. The van der Waals surface area contributed by atoms with Crippen LogP contribution in [0, 0.1) is 5.92 Å². The lowest BCUT2D eigenvalue weighted by Crippen LogP contribution is -2.49. The summed E-state index contributed by atoms with van der Waals surface area (Å²) in [5, 5.41) is 10.3. The molecule has 152 valence electrons. The number of carbonyl (C=O) groups excluding carboxylic acids is 1. The minimum Gasteiger partial charge on any atom is -0.497 e. The van der Waals surface area contributed by atoms with Crippen LogP contribution < -0.4 is 9.64 Å². The van der Waals surface area contributed by atoms with Gasteiger partial charge in [-0.25, -0.2) is 0 Å². The van der Waals surface area contributed by atoms with Gasteiger partial charge in [-0.15, -0.1) is 0 Å². The number of rotatable bonds is 4. The summed E-state index contributed by atoms with van der Waals surface area (Å²) in [7, 11) is 1.61. The third kappa shape index (κ3) is 3.74. The van der Waals surface area contributed by atoms with E-state index in [9.17, 15) is 14.7 Å². The Morgan fingerprint density at radius 1 is 1.03 bits per heavy atom. The van der Waals surface area contributed by atoms with E-state index >= 15 is 0 Å². The largest absolute Gasteiger partial charge is 0.497 e. The number of hydrogen-bond acceptors (Lipinski definition) is 3. The van der Waals surface area contributed by atoms with Crippen LogP contribution in [0.25, 0.3) is 0 Å². The fourth-order valence-corrected chi connectivity index (χ4v) is 5.04. The summed E-state index contributed by atoms with van der Waals surface area (Å²) < 4.78 is 5.26. The van der Waals surface area contributed by atoms with Gasteiger partial charge in [0.25, 0.3) is 0 Å². The molecule has 4 rings (SSSR count). The molecule has 1 N–H and O–H groups in total. The van der Waals surface area contributed by atoms with E-state index in [1.54, 1.807) is 12.0 Å². The van der Waals surface area contributed by atoms with E-state index in [1.807, 2.05) is 48.5 Å². The molecule has 0 radical (unpaired) electrons. The lowest BCUT2D eigenvalue weighted by atomic mass is 9.75. The zero-order valence-corrected chi connectivity index (χ0v) is 16.7. The highest BCUT2D eigenvalue weighted by Crippen LogP contribution is 2.42. The summed E-state index contributed by atoms with van der Waals surface area (Å²) in [4.78, 5) is 27.8. The second kappa shape index (κ2) is 8.27. The predicted molar refractivity (Wildman–Crippen MR) is 111 cm³/mol. The monoisotopic (exact) mass is 393 g/mol. The maximum absolute atomic E-state index is 13.5. The molecule has 2 aliphatic rings. The first-order valence-corrected chi connectivity index (χ1v) is 10.4. The topological polar surface area (TPSA) is 66.8 Å². The number of carboxylic acids is 1. The number of fused-ring (bicyclic) bond motifs is 1. The number of hydrogen-bond donors (Lipinski definition) is 1. The summed E-state index contributed by atoms with van der Waals surface area (Å²) in [5.41, 5.74) is 2.34. The number of benzene rings is 2. The van der Waals surface area contributed by atoms with E-state index in [4.69, 9.17) is 4.74 Å². The van der Waals surface area contributed by atoms with Crippen molar-refractivity contribution in [1.82, 2.24) is 0 Å². The van der Waals surface area contributed by atoms with E-state index in [0.717, 1.165) is 42.5 Å². The van der Waals surface area contributed by atoms with Crippen LogP contribution in [0.1, 0.15) is 49.1 Å². The quantitative estimate of drug-likeness (QED) is 0.836. The van der Waals surface area contributed by atoms with Crippen LogP contribution >= 0.6 is 0 Å². The van der Waals surface area contributed by atoms with E-state index < -0.39 is 17.9 Å². The Balaban J connectivity index is 1.86. The zero-order valence-electron chi connectivity index (χ0n) is 16.7. The average molecular weight is 393 g/mol. The highest BCUT2D eigenvalue weighted by molar-refractivity contribution is 5.98. The van der Waals surface area contributed by atoms with Crippen molar-refractivity contribution < 1.29 is 19.4 Å². The van der Waals surface area contributed by atoms with Gasteiger partial charge in [-0.1, -0.05) is 43.5 Å². The molecular formula is C24H27NO4. The number of aliphatic carboxylic acids is 1. The van der Waals surface area contributed by atoms with Crippen LogP contribution in [0.15, 0.2) is 48.5 Å². The molecule has 0 aromatic heterocycles. The zero-order chi connectivity index (χ0) is 20.4. The molecule has 2 aromatic rings. The number of carbonyl (C=O) groups is 2. The molecule has 1 saturated carbocycles. The molecular weight excluding hydrogens is 366 g/mol. The van der Waals surface area contributed by atoms with Gasteiger partial charge >= 0.3 is 5.97 Å². The van der Waals surface area contributed by atoms with Gasteiger partial charge in [0.05, 0.1) is 19.6 Å². The predicted octanol–water partition coefficient (Wildman–Crippen LogP) is 4.40. The van der Waals surface area contributed by atoms with Crippen molar-refractivity contribution in [2.45, 2.75) is 50.5 Å². The van der Waals surface area contributed by atoms with Crippen molar-refractivity contribution in [2.75, 3.05) is 12.0 Å². The lowest BCUT2D eigenvalue weighted by molar-refractivity contribution is -0.139. The molecule has 5 nitrogen and oxygen atoms in total. The SMILES string of the molecule is COc1ccc(N2C(=O)Cc3ccccc3[C@H](C(=O)O)[C@H]2C2CCCCC2)cc1. The Morgan fingerprint density at radius 2 is 1.72 bits per heavy atom. The molecule has 1 amide bonds. The molecule has 0 saturated heterocycles. The molecule has 5 heteroatoms. The van der Waals surface area contributed by atoms with E-state index in [-0.39, 0.29) is 18.2 Å². The third-order valence-electron chi connectivity index (χ3n) is 6.39. The number of amides is 1. The van der Waals surface area contributed by atoms with Crippen molar-refractivity contribution in [2.24, 2.45) is 5.92 Å². The molecule has 1 aliphatic carbocycles. The number of ether oxygens (including phenoxy) is 1. The summed E-state index contributed by atoms with van der Waals surface area (Å²) in [6, 6.07) is 14.5. The van der Waals surface area contributed by atoms with Crippen molar-refractivity contribution >= 4 is 17.6 Å². The van der Waals surface area contributed by atoms with E-state index in [2.05, 4.69) is 0 Å².